The molecule has 3 heteroatoms. The Morgan fingerprint density at radius 2 is 2.17 bits per heavy atom. The highest BCUT2D eigenvalue weighted by molar-refractivity contribution is 9.10. The summed E-state index contributed by atoms with van der Waals surface area (Å²) in [6.07, 6.45) is -0.604. The van der Waals surface area contributed by atoms with Gasteiger partial charge in [-0.1, -0.05) is 15.9 Å². The van der Waals surface area contributed by atoms with Crippen LogP contribution in [-0.2, 0) is 0 Å². The zero-order valence-electron chi connectivity index (χ0n) is 10.9. The van der Waals surface area contributed by atoms with E-state index in [1.54, 1.807) is 0 Å². The van der Waals surface area contributed by atoms with Crippen molar-refractivity contribution in [2.75, 3.05) is 5.73 Å². The van der Waals surface area contributed by atoms with Crippen LogP contribution in [0.15, 0.2) is 34.9 Å². The summed E-state index contributed by atoms with van der Waals surface area (Å²) in [5, 5.41) is 0.326. The number of hydrogen-bond donors (Lipinski definition) is 1. The molecule has 0 radical (unpaired) electrons. The van der Waals surface area contributed by atoms with Gasteiger partial charge in [-0.3, -0.25) is 4.98 Å². The van der Waals surface area contributed by atoms with Crippen molar-refractivity contribution in [2.24, 2.45) is 0 Å². The fourth-order valence-electron chi connectivity index (χ4n) is 0.893. The van der Waals surface area contributed by atoms with Gasteiger partial charge in [-0.15, -0.1) is 0 Å². The van der Waals surface area contributed by atoms with Gasteiger partial charge in [-0.25, -0.2) is 0 Å². The third-order valence-corrected chi connectivity index (χ3v) is 2.05. The number of aromatic nitrogens is 1. The summed E-state index contributed by atoms with van der Waals surface area (Å²) in [7, 11) is 0. The summed E-state index contributed by atoms with van der Waals surface area (Å²) in [4.78, 5) is 3.57. The van der Waals surface area contributed by atoms with Gasteiger partial charge in [0.2, 0.25) is 0 Å². The first-order chi connectivity index (χ1) is 7.86. The molecule has 0 saturated heterocycles. The molecule has 12 heavy (non-hydrogen) atoms. The molecule has 0 spiro atoms. The summed E-state index contributed by atoms with van der Waals surface area (Å²) in [6, 6.07) is -0.576. The number of halogens is 1. The topological polar surface area (TPSA) is 38.9 Å². The second-order valence-electron chi connectivity index (χ2n) is 2.19. The van der Waals surface area contributed by atoms with Crippen LogP contribution in [-0.4, -0.2) is 4.98 Å². The van der Waals surface area contributed by atoms with E-state index in [1.165, 1.54) is 0 Å². The Labute approximate surface area is 85.6 Å². The molecule has 2 N–H and O–H groups in total. The van der Waals surface area contributed by atoms with Crippen molar-refractivity contribution in [1.82, 2.24) is 4.98 Å². The number of nitrogen functional groups attached to an aromatic ring is 1. The highest BCUT2D eigenvalue weighted by atomic mass is 79.9. The zero-order chi connectivity index (χ0) is 12.9. The number of fused-ring (bicyclic) bond motifs is 1. The average Bonchev–Trinajstić information content (AvgIpc) is 2.28. The average molecular weight is 228 g/mol. The van der Waals surface area contributed by atoms with Crippen LogP contribution in [0.4, 0.5) is 5.69 Å². The van der Waals surface area contributed by atoms with Gasteiger partial charge in [0.05, 0.1) is 6.85 Å². The van der Waals surface area contributed by atoms with E-state index in [0.717, 1.165) is 0 Å². The Hall–Kier alpha value is -1.09. The van der Waals surface area contributed by atoms with E-state index in [9.17, 15) is 0 Å². The highest BCUT2D eigenvalue weighted by Crippen LogP contribution is 2.26. The van der Waals surface area contributed by atoms with E-state index < -0.39 is 0 Å². The lowest BCUT2D eigenvalue weighted by Crippen LogP contribution is -1.87. The second kappa shape index (κ2) is 2.75. The first-order valence-electron chi connectivity index (χ1n) is 5.67. The molecule has 1 aromatic carbocycles. The molecule has 2 rings (SSSR count). The van der Waals surface area contributed by atoms with Crippen molar-refractivity contribution in [3.8, 4) is 0 Å². The minimum atomic E-state index is -0.347. The first-order valence-corrected chi connectivity index (χ1v) is 3.97. The molecule has 0 unspecified atom stereocenters. The van der Waals surface area contributed by atoms with Gasteiger partial charge in [-0.05, 0) is 18.1 Å². The lowest BCUT2D eigenvalue weighted by Gasteiger charge is -2.01. The molecule has 0 aliphatic heterocycles. The van der Waals surface area contributed by atoms with Gasteiger partial charge in [0.15, 0.2) is 0 Å². The zero-order valence-corrected chi connectivity index (χ0v) is 7.49. The number of pyridine rings is 1. The molecule has 0 aliphatic rings. The normalized spacial score (nSPS) is 16.2. The number of hydrogen-bond acceptors (Lipinski definition) is 2. The standard InChI is InChI=1S/C9H7BrN2/c10-8-1-2-9(11)7-5-12-4-3-6(7)8/h1-5H,11H2/i1D,2D,3D,4D,5D. The summed E-state index contributed by atoms with van der Waals surface area (Å²) in [5.41, 5.74) is 5.62. The fourth-order valence-corrected chi connectivity index (χ4v) is 1.29. The third-order valence-electron chi connectivity index (χ3n) is 1.45. The SMILES string of the molecule is [2H]c1nc([2H])c2c(N)c([2H])c([2H])c(Br)c2c1[2H]. The van der Waals surface area contributed by atoms with Gasteiger partial charge in [0.1, 0.15) is 0 Å². The molecule has 0 aliphatic carbocycles. The van der Waals surface area contributed by atoms with Crippen molar-refractivity contribution in [3.05, 3.63) is 34.9 Å². The monoisotopic (exact) mass is 227 g/mol. The van der Waals surface area contributed by atoms with Crippen molar-refractivity contribution in [1.29, 1.82) is 0 Å². The van der Waals surface area contributed by atoms with E-state index in [1.807, 2.05) is 0 Å². The maximum absolute atomic E-state index is 7.73. The maximum atomic E-state index is 7.73. The molecule has 0 amide bonds. The summed E-state index contributed by atoms with van der Waals surface area (Å²) in [6.45, 7) is 0. The third kappa shape index (κ3) is 1.06. The Kier molecular flexibility index (Phi) is 0.859. The van der Waals surface area contributed by atoms with Gasteiger partial charge < -0.3 is 5.73 Å². The van der Waals surface area contributed by atoms with Crippen LogP contribution in [0.5, 0.6) is 0 Å². The van der Waals surface area contributed by atoms with E-state index >= 15 is 0 Å². The number of anilines is 1. The van der Waals surface area contributed by atoms with Crippen molar-refractivity contribution in [3.63, 3.8) is 0 Å². The summed E-state index contributed by atoms with van der Waals surface area (Å²) >= 11 is 3.11. The lowest BCUT2D eigenvalue weighted by atomic mass is 10.1. The van der Waals surface area contributed by atoms with Crippen LogP contribution in [0.2, 0.25) is 0 Å². The molecule has 0 bridgehead atoms. The Balaban J connectivity index is 3.17. The van der Waals surface area contributed by atoms with E-state index in [0.29, 0.717) is 0 Å². The molecule has 60 valence electrons. The van der Waals surface area contributed by atoms with Gasteiger partial charge in [0.25, 0.3) is 0 Å². The quantitative estimate of drug-likeness (QED) is 0.704. The first kappa shape index (κ1) is 3.75. The number of nitrogens with zero attached hydrogens (tertiary/aromatic N) is 1. The van der Waals surface area contributed by atoms with Crippen LogP contribution < -0.4 is 5.73 Å². The molecule has 1 heterocycles. The second-order valence-corrected chi connectivity index (χ2v) is 2.98. The molecule has 2 aromatic rings. The summed E-state index contributed by atoms with van der Waals surface area (Å²) in [5.74, 6) is 0. The van der Waals surface area contributed by atoms with Crippen molar-refractivity contribution >= 4 is 32.4 Å². The fraction of sp³-hybridized carbons (Fsp3) is 0. The Bertz CT molecular complexity index is 644. The molecular weight excluding hydrogens is 216 g/mol. The smallest absolute Gasteiger partial charge is 0.0847 e. The van der Waals surface area contributed by atoms with Crippen LogP contribution in [0.1, 0.15) is 6.85 Å². The molecule has 2 nitrogen and oxygen atoms in total. The minimum Gasteiger partial charge on any atom is -0.398 e. The molecular formula is C9H7BrN2. The molecule has 1 aromatic heterocycles. The van der Waals surface area contributed by atoms with E-state index in [-0.39, 0.29) is 51.4 Å². The van der Waals surface area contributed by atoms with E-state index in [2.05, 4.69) is 20.9 Å². The number of nitrogens with two attached hydrogens (primary N) is 1. The number of rotatable bonds is 0. The van der Waals surface area contributed by atoms with Crippen LogP contribution in [0.25, 0.3) is 10.8 Å². The van der Waals surface area contributed by atoms with Crippen LogP contribution in [0, 0.1) is 0 Å². The Morgan fingerprint density at radius 3 is 3.00 bits per heavy atom. The predicted octanol–water partition coefficient (Wildman–Crippen LogP) is 2.58. The van der Waals surface area contributed by atoms with Gasteiger partial charge >= 0.3 is 0 Å². The lowest BCUT2D eigenvalue weighted by molar-refractivity contribution is 1.36. The van der Waals surface area contributed by atoms with Crippen LogP contribution in [0.3, 0.4) is 0 Å². The molecule has 0 saturated carbocycles. The van der Waals surface area contributed by atoms with Gasteiger partial charge in [0, 0.05) is 33.3 Å². The maximum Gasteiger partial charge on any atom is 0.0847 e. The van der Waals surface area contributed by atoms with Gasteiger partial charge in [-0.2, -0.15) is 0 Å². The Morgan fingerprint density at radius 1 is 1.33 bits per heavy atom. The van der Waals surface area contributed by atoms with E-state index in [4.69, 9.17) is 12.6 Å². The largest absolute Gasteiger partial charge is 0.398 e. The summed E-state index contributed by atoms with van der Waals surface area (Å²) < 4.78 is 38.3. The van der Waals surface area contributed by atoms with Crippen LogP contribution >= 0.6 is 15.9 Å². The highest BCUT2D eigenvalue weighted by Gasteiger charge is 1.99. The minimum absolute atomic E-state index is 0.0563. The molecule has 0 fully saturated rings. The molecule has 0 atom stereocenters. The number of benzene rings is 1. The predicted molar refractivity (Wildman–Crippen MR) is 53.9 cm³/mol. The van der Waals surface area contributed by atoms with Crippen molar-refractivity contribution in [2.45, 2.75) is 0 Å². The van der Waals surface area contributed by atoms with Crippen molar-refractivity contribution < 1.29 is 6.85 Å².